The molecule has 9 aromatic carbocycles. The van der Waals surface area contributed by atoms with Gasteiger partial charge in [-0.05, 0) is 132 Å². The summed E-state index contributed by atoms with van der Waals surface area (Å²) in [6.07, 6.45) is 13.7. The van der Waals surface area contributed by atoms with Crippen molar-refractivity contribution in [1.29, 1.82) is 0 Å². The quantitative estimate of drug-likeness (QED) is 0.108. The molecule has 4 nitrogen and oxygen atoms in total. The van der Waals surface area contributed by atoms with Crippen LogP contribution in [0.25, 0.3) is 0 Å². The highest BCUT2D eigenvalue weighted by atomic mass is 16.1. The summed E-state index contributed by atoms with van der Waals surface area (Å²) < 4.78 is 0. The molecule has 0 amide bonds. The van der Waals surface area contributed by atoms with Crippen LogP contribution in [0.5, 0.6) is 0 Å². The predicted octanol–water partition coefficient (Wildman–Crippen LogP) is 17.8. The van der Waals surface area contributed by atoms with Crippen LogP contribution in [0.4, 0.5) is 0 Å². The van der Waals surface area contributed by atoms with E-state index in [-0.39, 0.29) is 18.1 Å². The van der Waals surface area contributed by atoms with Crippen LogP contribution < -0.4 is 16.4 Å². The van der Waals surface area contributed by atoms with Crippen molar-refractivity contribution in [3.63, 3.8) is 0 Å². The summed E-state index contributed by atoms with van der Waals surface area (Å²) >= 11 is 0. The van der Waals surface area contributed by atoms with E-state index in [1.165, 1.54) is 90.3 Å². The van der Waals surface area contributed by atoms with Crippen molar-refractivity contribution in [2.45, 2.75) is 125 Å². The van der Waals surface area contributed by atoms with E-state index in [2.05, 4.69) is 241 Å². The lowest BCUT2D eigenvalue weighted by Gasteiger charge is -2.33. The highest BCUT2D eigenvalue weighted by Gasteiger charge is 2.27. The first-order valence-electron chi connectivity index (χ1n) is 29.3. The van der Waals surface area contributed by atoms with Crippen molar-refractivity contribution < 1.29 is 4.79 Å². The minimum absolute atomic E-state index is 0.0163. The summed E-state index contributed by atoms with van der Waals surface area (Å²) in [6.45, 7) is 0. The van der Waals surface area contributed by atoms with Crippen molar-refractivity contribution in [2.75, 3.05) is 0 Å². The molecule has 0 bridgehead atoms. The molecule has 3 saturated carbocycles. The van der Waals surface area contributed by atoms with Gasteiger partial charge in [-0.3, -0.25) is 4.79 Å². The van der Waals surface area contributed by atoms with Crippen LogP contribution in [0.3, 0.4) is 0 Å². The summed E-state index contributed by atoms with van der Waals surface area (Å²) in [4.78, 5) is 11.0. The van der Waals surface area contributed by atoms with E-state index in [1.54, 1.807) is 0 Å². The van der Waals surface area contributed by atoms with E-state index >= 15 is 0 Å². The Morgan fingerprint density at radius 2 is 0.494 bits per heavy atom. The third-order valence-corrected chi connectivity index (χ3v) is 16.5. The molecule has 402 valence electrons. The van der Waals surface area contributed by atoms with Gasteiger partial charge in [0.05, 0.1) is 18.1 Å². The zero-order valence-corrected chi connectivity index (χ0v) is 46.1. The maximum Gasteiger partial charge on any atom is 0.132 e. The minimum atomic E-state index is -0.0163. The Hall–Kier alpha value is -7.47. The molecule has 3 fully saturated rings. The van der Waals surface area contributed by atoms with E-state index in [4.69, 9.17) is 5.73 Å². The largest absolute Gasteiger partial charge is 0.320 e. The Morgan fingerprint density at radius 3 is 0.747 bits per heavy atom. The smallest absolute Gasteiger partial charge is 0.132 e. The lowest BCUT2D eigenvalue weighted by atomic mass is 9.81. The first kappa shape index (κ1) is 56.3. The number of hydrogen-bond donors (Lipinski definition) is 3. The molecule has 0 atom stereocenters. The second kappa shape index (κ2) is 30.6. The number of carbonyl (C=O) groups is 1. The number of carbonyl (C=O) groups excluding carboxylic acids is 1. The molecule has 0 aliphatic heterocycles. The predicted molar refractivity (Wildman–Crippen MR) is 330 cm³/mol. The molecule has 3 aliphatic rings. The lowest BCUT2D eigenvalue weighted by molar-refractivity contribution is -0.120. The number of nitrogens with one attached hydrogen (secondary N) is 2. The van der Waals surface area contributed by atoms with Gasteiger partial charge in [-0.15, -0.1) is 0 Å². The first-order valence-corrected chi connectivity index (χ1v) is 29.3. The van der Waals surface area contributed by atoms with Crippen molar-refractivity contribution in [3.05, 3.63) is 323 Å². The van der Waals surface area contributed by atoms with Crippen LogP contribution in [0.1, 0.15) is 163 Å². The molecule has 79 heavy (non-hydrogen) atoms. The van der Waals surface area contributed by atoms with Crippen LogP contribution >= 0.6 is 0 Å². The van der Waals surface area contributed by atoms with Crippen molar-refractivity contribution in [2.24, 2.45) is 5.73 Å². The summed E-state index contributed by atoms with van der Waals surface area (Å²) in [5.74, 6) is 2.51. The molecule has 0 heterocycles. The number of ketones is 1. The summed E-state index contributed by atoms with van der Waals surface area (Å²) in [5.41, 5.74) is 18.2. The number of rotatable bonds is 13. The van der Waals surface area contributed by atoms with E-state index in [9.17, 15) is 4.79 Å². The number of Topliss-reactive ketones (excluding diaryl/α,β-unsaturated/α-hetero) is 1. The van der Waals surface area contributed by atoms with Gasteiger partial charge in [-0.1, -0.05) is 273 Å². The van der Waals surface area contributed by atoms with Gasteiger partial charge in [0.1, 0.15) is 5.78 Å². The zero-order chi connectivity index (χ0) is 54.1. The SMILES string of the molecule is NC(c1ccccc1)c1ccccc1.O=C1CCC(c2ccccc2)CC1.c1ccc(C2CCC(NC(c3ccccc3)c3ccccc3)CC2)cc1.c1ccc(C2CCC(NC(c3ccccc3)c3ccccc3)CC2)cc1. The van der Waals surface area contributed by atoms with Crippen LogP contribution in [0, 0.1) is 0 Å². The standard InChI is InChI=1S/2C25H27N.C13H13N.C12H14O/c2*1-4-10-20(11-5-1)21-16-18-24(19-17-21)26-25(22-12-6-2-7-13-22)23-14-8-3-9-15-23;14-13(11-7-3-1-4-8-11)12-9-5-2-6-10-12;13-12-8-6-11(7-9-12)10-4-2-1-3-5-10/h2*1-15,21,24-26H,16-19H2;1-10,13H,14H2;1-5,11H,6-9H2. The highest BCUT2D eigenvalue weighted by molar-refractivity contribution is 5.79. The highest BCUT2D eigenvalue weighted by Crippen LogP contribution is 2.37. The average Bonchev–Trinajstić information content (AvgIpc) is 3.55. The van der Waals surface area contributed by atoms with E-state index in [1.807, 2.05) is 42.5 Å². The molecule has 9 aromatic rings. The van der Waals surface area contributed by atoms with Crippen molar-refractivity contribution in [1.82, 2.24) is 10.6 Å². The van der Waals surface area contributed by atoms with Gasteiger partial charge in [0.15, 0.2) is 0 Å². The van der Waals surface area contributed by atoms with Gasteiger partial charge in [-0.2, -0.15) is 0 Å². The molecule has 4 heteroatoms. The molecule has 3 aliphatic carbocycles. The molecule has 0 aromatic heterocycles. The first-order chi connectivity index (χ1) is 39.0. The van der Waals surface area contributed by atoms with Crippen LogP contribution in [0.2, 0.25) is 0 Å². The molecule has 12 rings (SSSR count). The molecular formula is C75H81N3O. The molecule has 0 radical (unpaired) electrons. The zero-order valence-electron chi connectivity index (χ0n) is 46.1. The Labute approximate surface area is 472 Å². The van der Waals surface area contributed by atoms with Gasteiger partial charge in [-0.25, -0.2) is 0 Å². The van der Waals surface area contributed by atoms with E-state index in [0.29, 0.717) is 23.8 Å². The molecular weight excluding hydrogens is 959 g/mol. The summed E-state index contributed by atoms with van der Waals surface area (Å²) in [7, 11) is 0. The second-order valence-corrected chi connectivity index (χ2v) is 21.8. The summed E-state index contributed by atoms with van der Waals surface area (Å²) in [6, 6.07) is 97.9. The maximum atomic E-state index is 11.0. The van der Waals surface area contributed by atoms with Crippen LogP contribution in [-0.4, -0.2) is 17.9 Å². The van der Waals surface area contributed by atoms with E-state index < -0.39 is 0 Å². The number of nitrogens with two attached hydrogens (primary N) is 1. The molecule has 0 unspecified atom stereocenters. The average molecular weight is 1040 g/mol. The fourth-order valence-electron chi connectivity index (χ4n) is 12.0. The Morgan fingerprint density at radius 1 is 0.278 bits per heavy atom. The van der Waals surface area contributed by atoms with Gasteiger partial charge in [0.25, 0.3) is 0 Å². The Bertz CT molecular complexity index is 2770. The number of hydrogen-bond acceptors (Lipinski definition) is 4. The summed E-state index contributed by atoms with van der Waals surface area (Å²) in [5, 5.41) is 7.92. The third-order valence-electron chi connectivity index (χ3n) is 16.5. The topological polar surface area (TPSA) is 67.2 Å². The van der Waals surface area contributed by atoms with E-state index in [0.717, 1.165) is 48.6 Å². The van der Waals surface area contributed by atoms with Gasteiger partial charge in [0.2, 0.25) is 0 Å². The maximum absolute atomic E-state index is 11.0. The van der Waals surface area contributed by atoms with Crippen molar-refractivity contribution in [3.8, 4) is 0 Å². The Kier molecular flexibility index (Phi) is 21.8. The monoisotopic (exact) mass is 1040 g/mol. The van der Waals surface area contributed by atoms with Crippen LogP contribution in [0.15, 0.2) is 273 Å². The van der Waals surface area contributed by atoms with Crippen LogP contribution in [-0.2, 0) is 4.79 Å². The third kappa shape index (κ3) is 17.3. The van der Waals surface area contributed by atoms with Crippen molar-refractivity contribution >= 4 is 5.78 Å². The molecule has 4 N–H and O–H groups in total. The normalized spacial score (nSPS) is 18.3. The van der Waals surface area contributed by atoms with Gasteiger partial charge < -0.3 is 16.4 Å². The van der Waals surface area contributed by atoms with Gasteiger partial charge in [0, 0.05) is 24.9 Å². The molecule has 0 saturated heterocycles. The lowest BCUT2D eigenvalue weighted by Crippen LogP contribution is -2.36. The van der Waals surface area contributed by atoms with Gasteiger partial charge >= 0.3 is 0 Å². The minimum Gasteiger partial charge on any atom is -0.320 e. The fourth-order valence-corrected chi connectivity index (χ4v) is 12.0. The number of benzene rings is 9. The Balaban J connectivity index is 0.000000134. The fraction of sp³-hybridized carbons (Fsp3) is 0.267. The second-order valence-electron chi connectivity index (χ2n) is 21.8. The molecule has 0 spiro atoms.